The van der Waals surface area contributed by atoms with Crippen LogP contribution in [0.3, 0.4) is 0 Å². The summed E-state index contributed by atoms with van der Waals surface area (Å²) in [5, 5.41) is 7.77. The summed E-state index contributed by atoms with van der Waals surface area (Å²) >= 11 is 0. The number of rotatable bonds is 7. The fraction of sp³-hybridized carbons (Fsp3) is 0.261. The zero-order valence-electron chi connectivity index (χ0n) is 18.0. The Hall–Kier alpha value is -3.81. The molecule has 0 saturated heterocycles. The van der Waals surface area contributed by atoms with Crippen molar-refractivity contribution in [3.8, 4) is 5.75 Å². The Morgan fingerprint density at radius 2 is 1.55 bits per heavy atom. The topological polar surface area (TPSA) is 106 Å². The van der Waals surface area contributed by atoms with Crippen LogP contribution < -0.4 is 20.7 Å². The maximum absolute atomic E-state index is 12.1. The first-order valence-corrected chi connectivity index (χ1v) is 9.65. The highest BCUT2D eigenvalue weighted by Crippen LogP contribution is 2.19. The number of benzene rings is 2. The van der Waals surface area contributed by atoms with Crippen LogP contribution in [-0.4, -0.2) is 37.2 Å². The van der Waals surface area contributed by atoms with Crippen LogP contribution in [0.5, 0.6) is 5.75 Å². The second-order valence-corrected chi connectivity index (χ2v) is 7.55. The van der Waals surface area contributed by atoms with Crippen LogP contribution in [0.15, 0.2) is 54.6 Å². The van der Waals surface area contributed by atoms with Crippen LogP contribution >= 0.6 is 0 Å². The number of alkyl carbamates (subject to hydrolysis) is 1. The maximum Gasteiger partial charge on any atom is 0.408 e. The van der Waals surface area contributed by atoms with E-state index >= 15 is 0 Å². The normalized spacial score (nSPS) is 11.0. The first-order chi connectivity index (χ1) is 14.7. The fourth-order valence-electron chi connectivity index (χ4n) is 2.46. The summed E-state index contributed by atoms with van der Waals surface area (Å²) in [6, 6.07) is 14.0. The smallest absolute Gasteiger partial charge is 0.408 e. The molecule has 2 rings (SSSR count). The molecule has 3 N–H and O–H groups in total. The van der Waals surface area contributed by atoms with Crippen LogP contribution in [0.25, 0.3) is 6.08 Å². The Bertz CT molecular complexity index is 946. The molecule has 164 valence electrons. The average Bonchev–Trinajstić information content (AvgIpc) is 2.71. The molecule has 0 aromatic heterocycles. The molecule has 0 spiro atoms. The number of para-hydroxylation sites is 1. The third-order valence-electron chi connectivity index (χ3n) is 3.78. The van der Waals surface area contributed by atoms with Crippen molar-refractivity contribution in [1.29, 1.82) is 0 Å². The summed E-state index contributed by atoms with van der Waals surface area (Å²) in [5.74, 6) is -0.0283. The van der Waals surface area contributed by atoms with Gasteiger partial charge in [0.05, 0.1) is 7.11 Å². The summed E-state index contributed by atoms with van der Waals surface area (Å²) in [4.78, 5) is 35.7. The monoisotopic (exact) mass is 425 g/mol. The van der Waals surface area contributed by atoms with Gasteiger partial charge < -0.3 is 25.4 Å². The van der Waals surface area contributed by atoms with Gasteiger partial charge in [0.1, 0.15) is 17.9 Å². The van der Waals surface area contributed by atoms with E-state index in [2.05, 4.69) is 16.0 Å². The van der Waals surface area contributed by atoms with Crippen LogP contribution in [-0.2, 0) is 14.3 Å². The lowest BCUT2D eigenvalue weighted by molar-refractivity contribution is -0.115. The van der Waals surface area contributed by atoms with Crippen LogP contribution in [0, 0.1) is 0 Å². The van der Waals surface area contributed by atoms with E-state index < -0.39 is 17.6 Å². The molecule has 0 aliphatic heterocycles. The molecule has 31 heavy (non-hydrogen) atoms. The highest BCUT2D eigenvalue weighted by atomic mass is 16.6. The number of amides is 3. The van der Waals surface area contributed by atoms with Gasteiger partial charge in [0.2, 0.25) is 11.8 Å². The van der Waals surface area contributed by atoms with Gasteiger partial charge in [-0.1, -0.05) is 18.2 Å². The highest BCUT2D eigenvalue weighted by molar-refractivity contribution is 6.02. The lowest BCUT2D eigenvalue weighted by Gasteiger charge is -2.19. The fourth-order valence-corrected chi connectivity index (χ4v) is 2.46. The lowest BCUT2D eigenvalue weighted by Crippen LogP contribution is -2.37. The second-order valence-electron chi connectivity index (χ2n) is 7.55. The predicted molar refractivity (Wildman–Crippen MR) is 120 cm³/mol. The number of anilines is 2. The third kappa shape index (κ3) is 8.61. The Morgan fingerprint density at radius 3 is 2.16 bits per heavy atom. The molecular formula is C23H27N3O5. The number of ether oxygens (including phenoxy) is 2. The molecule has 3 amide bonds. The number of nitrogens with one attached hydrogen (secondary N) is 3. The molecule has 0 aliphatic rings. The standard InChI is InChI=1S/C23H27N3O5/c1-23(2,3)31-22(29)24-15-21(28)26-18-12-10-17(11-13-18)25-20(27)14-9-16-7-5-6-8-19(16)30-4/h5-14H,15H2,1-4H3,(H,24,29)(H,25,27)(H,26,28)/b14-9+. The van der Waals surface area contributed by atoms with Crippen molar-refractivity contribution in [2.45, 2.75) is 26.4 Å². The summed E-state index contributed by atoms with van der Waals surface area (Å²) in [6.45, 7) is 4.99. The van der Waals surface area contributed by atoms with E-state index in [0.717, 1.165) is 5.56 Å². The Labute approximate surface area is 181 Å². The SMILES string of the molecule is COc1ccccc1/C=C/C(=O)Nc1ccc(NC(=O)CNC(=O)OC(C)(C)C)cc1. The van der Waals surface area contributed by atoms with Gasteiger partial charge in [0, 0.05) is 23.0 Å². The minimum atomic E-state index is -0.665. The number of carbonyl (C=O) groups is 3. The molecule has 0 saturated carbocycles. The van der Waals surface area contributed by atoms with Crippen molar-refractivity contribution in [2.24, 2.45) is 0 Å². The van der Waals surface area contributed by atoms with Gasteiger partial charge in [-0.15, -0.1) is 0 Å². The van der Waals surface area contributed by atoms with Gasteiger partial charge in [-0.3, -0.25) is 9.59 Å². The minimum absolute atomic E-state index is 0.221. The molecule has 8 nitrogen and oxygen atoms in total. The summed E-state index contributed by atoms with van der Waals surface area (Å²) in [5.41, 5.74) is 1.25. The van der Waals surface area contributed by atoms with Gasteiger partial charge in [-0.05, 0) is 57.2 Å². The zero-order valence-corrected chi connectivity index (χ0v) is 18.0. The highest BCUT2D eigenvalue weighted by Gasteiger charge is 2.16. The lowest BCUT2D eigenvalue weighted by atomic mass is 10.2. The van der Waals surface area contributed by atoms with E-state index in [0.29, 0.717) is 17.1 Å². The maximum atomic E-state index is 12.1. The van der Waals surface area contributed by atoms with Gasteiger partial charge >= 0.3 is 6.09 Å². The van der Waals surface area contributed by atoms with E-state index in [1.165, 1.54) is 6.08 Å². The van der Waals surface area contributed by atoms with Gasteiger partial charge in [-0.25, -0.2) is 4.79 Å². The summed E-state index contributed by atoms with van der Waals surface area (Å²) < 4.78 is 10.3. The van der Waals surface area contributed by atoms with Gasteiger partial charge in [-0.2, -0.15) is 0 Å². The van der Waals surface area contributed by atoms with Gasteiger partial charge in [0.15, 0.2) is 0 Å². The second kappa shape index (κ2) is 10.8. The molecule has 2 aromatic carbocycles. The van der Waals surface area contributed by atoms with E-state index in [1.54, 1.807) is 58.2 Å². The Morgan fingerprint density at radius 1 is 0.935 bits per heavy atom. The number of hydrogen-bond donors (Lipinski definition) is 3. The Kier molecular flexibility index (Phi) is 8.19. The third-order valence-corrected chi connectivity index (χ3v) is 3.78. The van der Waals surface area contributed by atoms with Crippen molar-refractivity contribution in [3.05, 3.63) is 60.2 Å². The van der Waals surface area contributed by atoms with Crippen LogP contribution in [0.1, 0.15) is 26.3 Å². The first-order valence-electron chi connectivity index (χ1n) is 9.65. The van der Waals surface area contributed by atoms with E-state index in [4.69, 9.17) is 9.47 Å². The minimum Gasteiger partial charge on any atom is -0.496 e. The van der Waals surface area contributed by atoms with Gasteiger partial charge in [0.25, 0.3) is 0 Å². The van der Waals surface area contributed by atoms with E-state index in [-0.39, 0.29) is 12.5 Å². The largest absolute Gasteiger partial charge is 0.496 e. The predicted octanol–water partition coefficient (Wildman–Crippen LogP) is 3.81. The van der Waals surface area contributed by atoms with Crippen molar-refractivity contribution < 1.29 is 23.9 Å². The molecule has 2 aromatic rings. The molecule has 0 bridgehead atoms. The molecule has 0 unspecified atom stereocenters. The van der Waals surface area contributed by atoms with Crippen molar-refractivity contribution >= 4 is 35.4 Å². The first kappa shape index (κ1) is 23.5. The molecule has 0 heterocycles. The number of carbonyl (C=O) groups excluding carboxylic acids is 3. The average molecular weight is 425 g/mol. The van der Waals surface area contributed by atoms with Crippen molar-refractivity contribution in [3.63, 3.8) is 0 Å². The number of hydrogen-bond acceptors (Lipinski definition) is 5. The summed E-state index contributed by atoms with van der Waals surface area (Å²) in [7, 11) is 1.57. The number of methoxy groups -OCH3 is 1. The Balaban J connectivity index is 1.83. The van der Waals surface area contributed by atoms with Crippen molar-refractivity contribution in [1.82, 2.24) is 5.32 Å². The molecule has 0 fully saturated rings. The molecule has 8 heteroatoms. The van der Waals surface area contributed by atoms with E-state index in [1.807, 2.05) is 24.3 Å². The molecule has 0 atom stereocenters. The quantitative estimate of drug-likeness (QED) is 0.585. The van der Waals surface area contributed by atoms with Crippen LogP contribution in [0.2, 0.25) is 0 Å². The van der Waals surface area contributed by atoms with Crippen molar-refractivity contribution in [2.75, 3.05) is 24.3 Å². The van der Waals surface area contributed by atoms with E-state index in [9.17, 15) is 14.4 Å². The molecular weight excluding hydrogens is 398 g/mol. The summed E-state index contributed by atoms with van der Waals surface area (Å²) in [6.07, 6.45) is 2.41. The van der Waals surface area contributed by atoms with Crippen LogP contribution in [0.4, 0.5) is 16.2 Å². The molecule has 0 radical (unpaired) electrons. The zero-order chi connectivity index (χ0) is 22.9. The molecule has 0 aliphatic carbocycles.